The molecular formula is C21H14ClFN2O3S. The van der Waals surface area contributed by atoms with Gasteiger partial charge in [0, 0.05) is 16.3 Å². The van der Waals surface area contributed by atoms with Gasteiger partial charge >= 0.3 is 0 Å². The summed E-state index contributed by atoms with van der Waals surface area (Å²) in [7, 11) is -4.06. The van der Waals surface area contributed by atoms with E-state index in [1.54, 1.807) is 48.5 Å². The Bertz CT molecular complexity index is 1240. The molecule has 5 nitrogen and oxygen atoms in total. The zero-order valence-electron chi connectivity index (χ0n) is 14.8. The van der Waals surface area contributed by atoms with Crippen molar-refractivity contribution in [3.8, 4) is 11.5 Å². The smallest absolute Gasteiger partial charge is 0.238 e. The molecule has 146 valence electrons. The highest BCUT2D eigenvalue weighted by Gasteiger charge is 2.28. The monoisotopic (exact) mass is 428 g/mol. The van der Waals surface area contributed by atoms with Crippen molar-refractivity contribution in [3.05, 3.63) is 89.7 Å². The molecule has 1 heterocycles. The molecule has 0 bridgehead atoms. The third-order valence-electron chi connectivity index (χ3n) is 4.10. The first-order chi connectivity index (χ1) is 13.9. The van der Waals surface area contributed by atoms with Crippen molar-refractivity contribution < 1.29 is 17.2 Å². The van der Waals surface area contributed by atoms with Gasteiger partial charge in [0.2, 0.25) is 26.6 Å². The maximum absolute atomic E-state index is 13.3. The lowest BCUT2D eigenvalue weighted by Gasteiger charge is -2.06. The van der Waals surface area contributed by atoms with Crippen LogP contribution in [0.1, 0.15) is 0 Å². The van der Waals surface area contributed by atoms with Crippen LogP contribution in [-0.2, 0) is 9.84 Å². The lowest BCUT2D eigenvalue weighted by Crippen LogP contribution is -2.05. The molecule has 4 rings (SSSR count). The summed E-state index contributed by atoms with van der Waals surface area (Å²) in [6.07, 6.45) is 0. The minimum absolute atomic E-state index is 0.0458. The van der Waals surface area contributed by atoms with Crippen LogP contribution in [0.5, 0.6) is 0 Å². The Morgan fingerprint density at radius 3 is 2.21 bits per heavy atom. The van der Waals surface area contributed by atoms with Crippen molar-refractivity contribution in [2.75, 3.05) is 5.32 Å². The van der Waals surface area contributed by atoms with Crippen molar-refractivity contribution in [2.45, 2.75) is 9.92 Å². The topological polar surface area (TPSA) is 72.2 Å². The fourth-order valence-electron chi connectivity index (χ4n) is 2.66. The number of halogens is 2. The van der Waals surface area contributed by atoms with Crippen LogP contribution in [-0.4, -0.2) is 13.4 Å². The summed E-state index contributed by atoms with van der Waals surface area (Å²) in [5, 5.41) is 3.18. The van der Waals surface area contributed by atoms with Gasteiger partial charge in [-0.05, 0) is 60.7 Å². The van der Waals surface area contributed by atoms with E-state index in [1.165, 1.54) is 12.1 Å². The van der Waals surface area contributed by atoms with Crippen LogP contribution in [0.4, 0.5) is 16.0 Å². The summed E-state index contributed by atoms with van der Waals surface area (Å²) in [6, 6.07) is 20.1. The van der Waals surface area contributed by atoms with Crippen LogP contribution < -0.4 is 5.32 Å². The van der Waals surface area contributed by atoms with Gasteiger partial charge in [-0.3, -0.25) is 0 Å². The second-order valence-electron chi connectivity index (χ2n) is 6.11. The Kier molecular flexibility index (Phi) is 5.08. The van der Waals surface area contributed by atoms with E-state index in [1.807, 2.05) is 6.07 Å². The number of hydrogen-bond donors (Lipinski definition) is 1. The van der Waals surface area contributed by atoms with Gasteiger partial charge in [-0.2, -0.15) is 4.98 Å². The van der Waals surface area contributed by atoms with Crippen molar-refractivity contribution in [2.24, 2.45) is 0 Å². The van der Waals surface area contributed by atoms with Gasteiger partial charge in [0.15, 0.2) is 0 Å². The highest BCUT2D eigenvalue weighted by Crippen LogP contribution is 2.34. The minimum atomic E-state index is -4.06. The number of nitrogens with zero attached hydrogens (tertiary/aromatic N) is 1. The first kappa shape index (κ1) is 19.2. The largest absolute Gasteiger partial charge is 0.419 e. The second-order valence-corrected chi connectivity index (χ2v) is 8.41. The molecule has 0 saturated heterocycles. The summed E-state index contributed by atoms with van der Waals surface area (Å²) in [5.41, 5.74) is 1.19. The predicted molar refractivity (Wildman–Crippen MR) is 109 cm³/mol. The SMILES string of the molecule is O=S(=O)(c1ccc(F)cc1)c1nc(-c2ccccc2)oc1Nc1ccc(Cl)cc1. The van der Waals surface area contributed by atoms with E-state index in [4.69, 9.17) is 16.0 Å². The summed E-state index contributed by atoms with van der Waals surface area (Å²) < 4.78 is 45.3. The first-order valence-electron chi connectivity index (χ1n) is 8.53. The van der Waals surface area contributed by atoms with Crippen LogP contribution in [0.25, 0.3) is 11.5 Å². The Morgan fingerprint density at radius 2 is 1.55 bits per heavy atom. The molecule has 0 aliphatic carbocycles. The Balaban J connectivity index is 1.83. The van der Waals surface area contributed by atoms with Gasteiger partial charge in [0.25, 0.3) is 0 Å². The quantitative estimate of drug-likeness (QED) is 0.412. The van der Waals surface area contributed by atoms with E-state index < -0.39 is 15.7 Å². The van der Waals surface area contributed by atoms with E-state index in [2.05, 4.69) is 10.3 Å². The molecule has 3 aromatic carbocycles. The average Bonchev–Trinajstić information content (AvgIpc) is 3.15. The predicted octanol–water partition coefficient (Wildman–Crippen LogP) is 5.71. The molecule has 4 aromatic rings. The van der Waals surface area contributed by atoms with Gasteiger partial charge in [-0.1, -0.05) is 29.8 Å². The Hall–Kier alpha value is -3.16. The molecule has 29 heavy (non-hydrogen) atoms. The summed E-state index contributed by atoms with van der Waals surface area (Å²) in [5.74, 6) is -0.438. The highest BCUT2D eigenvalue weighted by atomic mass is 35.5. The van der Waals surface area contributed by atoms with Gasteiger partial charge in [-0.15, -0.1) is 0 Å². The molecule has 0 atom stereocenters. The number of benzene rings is 3. The molecule has 1 aromatic heterocycles. The molecule has 0 radical (unpaired) electrons. The van der Waals surface area contributed by atoms with E-state index in [-0.39, 0.29) is 21.7 Å². The third-order valence-corrected chi connectivity index (χ3v) is 6.03. The lowest BCUT2D eigenvalue weighted by molar-refractivity contribution is 0.581. The van der Waals surface area contributed by atoms with E-state index in [0.717, 1.165) is 12.1 Å². The standard InChI is InChI=1S/C21H14ClFN2O3S/c22-15-6-10-17(11-7-15)24-20-21(25-19(28-20)14-4-2-1-3-5-14)29(26,27)18-12-8-16(23)9-13-18/h1-13,24H. The zero-order valence-corrected chi connectivity index (χ0v) is 16.4. The highest BCUT2D eigenvalue weighted by molar-refractivity contribution is 7.91. The van der Waals surface area contributed by atoms with Gasteiger partial charge in [0.1, 0.15) is 5.82 Å². The van der Waals surface area contributed by atoms with Crippen LogP contribution in [0.3, 0.4) is 0 Å². The first-order valence-corrected chi connectivity index (χ1v) is 10.4. The van der Waals surface area contributed by atoms with Crippen molar-refractivity contribution >= 4 is 33.0 Å². The molecule has 0 saturated carbocycles. The molecule has 0 spiro atoms. The number of nitrogens with one attached hydrogen (secondary N) is 1. The summed E-state index contributed by atoms with van der Waals surface area (Å²) >= 11 is 5.91. The number of oxazole rings is 1. The van der Waals surface area contributed by atoms with Crippen LogP contribution >= 0.6 is 11.6 Å². The van der Waals surface area contributed by atoms with Gasteiger partial charge in [-0.25, -0.2) is 12.8 Å². The second kappa shape index (κ2) is 7.69. The number of hydrogen-bond acceptors (Lipinski definition) is 5. The molecule has 1 N–H and O–H groups in total. The maximum atomic E-state index is 13.3. The Morgan fingerprint density at radius 1 is 0.897 bits per heavy atom. The third kappa shape index (κ3) is 4.01. The summed E-state index contributed by atoms with van der Waals surface area (Å²) in [4.78, 5) is 4.14. The number of sulfone groups is 1. The van der Waals surface area contributed by atoms with Gasteiger partial charge in [0.05, 0.1) is 4.90 Å². The maximum Gasteiger partial charge on any atom is 0.238 e. The molecule has 0 fully saturated rings. The van der Waals surface area contributed by atoms with Crippen LogP contribution in [0.2, 0.25) is 5.02 Å². The fraction of sp³-hybridized carbons (Fsp3) is 0. The minimum Gasteiger partial charge on any atom is -0.419 e. The number of aromatic nitrogens is 1. The van der Waals surface area contributed by atoms with Crippen LogP contribution in [0.15, 0.2) is 93.2 Å². The molecule has 0 aliphatic rings. The fourth-order valence-corrected chi connectivity index (χ4v) is 4.04. The molecule has 8 heteroatoms. The average molecular weight is 429 g/mol. The zero-order chi connectivity index (χ0) is 20.4. The Labute approximate surface area is 171 Å². The lowest BCUT2D eigenvalue weighted by atomic mass is 10.2. The van der Waals surface area contributed by atoms with Crippen molar-refractivity contribution in [3.63, 3.8) is 0 Å². The number of rotatable bonds is 5. The van der Waals surface area contributed by atoms with Crippen LogP contribution in [0, 0.1) is 5.82 Å². The van der Waals surface area contributed by atoms with Crippen molar-refractivity contribution in [1.29, 1.82) is 0 Å². The van der Waals surface area contributed by atoms with Crippen molar-refractivity contribution in [1.82, 2.24) is 4.98 Å². The molecular weight excluding hydrogens is 415 g/mol. The van der Waals surface area contributed by atoms with E-state index in [9.17, 15) is 12.8 Å². The van der Waals surface area contributed by atoms with E-state index >= 15 is 0 Å². The summed E-state index contributed by atoms with van der Waals surface area (Å²) in [6.45, 7) is 0. The van der Waals surface area contributed by atoms with E-state index in [0.29, 0.717) is 16.3 Å². The molecule has 0 aliphatic heterocycles. The molecule has 0 amide bonds. The molecule has 0 unspecified atom stereocenters. The number of anilines is 2. The normalized spacial score (nSPS) is 11.4. The van der Waals surface area contributed by atoms with Gasteiger partial charge < -0.3 is 9.73 Å².